The van der Waals surface area contributed by atoms with Gasteiger partial charge in [-0.3, -0.25) is 4.79 Å². The first-order valence-electron chi connectivity index (χ1n) is 6.00. The van der Waals surface area contributed by atoms with Crippen molar-refractivity contribution >= 4 is 44.3 Å². The molecule has 0 saturated heterocycles. The summed E-state index contributed by atoms with van der Waals surface area (Å²) in [4.78, 5) is 19.9. The molecule has 0 fully saturated rings. The van der Waals surface area contributed by atoms with Crippen LogP contribution in [0.25, 0.3) is 11.0 Å². The fraction of sp³-hybridized carbons (Fsp3) is 0.0667. The SMILES string of the molecule is Cc1c(Cl)cccc1C(=O)c1c[nH]c2ncc(Br)cc12. The van der Waals surface area contributed by atoms with Crippen molar-refractivity contribution in [1.29, 1.82) is 0 Å². The van der Waals surface area contributed by atoms with Crippen LogP contribution in [0.2, 0.25) is 5.02 Å². The normalized spacial score (nSPS) is 10.9. The maximum Gasteiger partial charge on any atom is 0.195 e. The molecule has 0 aliphatic carbocycles. The number of ketones is 1. The summed E-state index contributed by atoms with van der Waals surface area (Å²) in [5.41, 5.74) is 2.69. The van der Waals surface area contributed by atoms with Crippen LogP contribution in [0.1, 0.15) is 21.5 Å². The first kappa shape index (κ1) is 13.3. The lowest BCUT2D eigenvalue weighted by molar-refractivity contribution is 0.104. The monoisotopic (exact) mass is 348 g/mol. The van der Waals surface area contributed by atoms with Gasteiger partial charge in [-0.25, -0.2) is 4.98 Å². The fourth-order valence-corrected chi connectivity index (χ4v) is 2.67. The number of aromatic nitrogens is 2. The Morgan fingerprint density at radius 1 is 1.35 bits per heavy atom. The lowest BCUT2D eigenvalue weighted by atomic mass is 9.99. The number of hydrogen-bond acceptors (Lipinski definition) is 2. The van der Waals surface area contributed by atoms with E-state index in [1.807, 2.05) is 13.0 Å². The molecule has 1 aromatic carbocycles. The quantitative estimate of drug-likeness (QED) is 0.691. The van der Waals surface area contributed by atoms with E-state index in [1.165, 1.54) is 0 Å². The molecule has 2 heterocycles. The van der Waals surface area contributed by atoms with Crippen LogP contribution < -0.4 is 0 Å². The standard InChI is InChI=1S/C15H10BrClN2O/c1-8-10(3-2-4-13(8)17)14(20)12-7-19-15-11(12)5-9(16)6-18-15/h2-7H,1H3,(H,18,19). The minimum Gasteiger partial charge on any atom is -0.345 e. The fourth-order valence-electron chi connectivity index (χ4n) is 2.16. The van der Waals surface area contributed by atoms with E-state index in [1.54, 1.807) is 30.6 Å². The van der Waals surface area contributed by atoms with Gasteiger partial charge in [-0.15, -0.1) is 0 Å². The van der Waals surface area contributed by atoms with Gasteiger partial charge in [0.05, 0.1) is 0 Å². The zero-order valence-corrected chi connectivity index (χ0v) is 12.9. The van der Waals surface area contributed by atoms with Crippen molar-refractivity contribution in [3.63, 3.8) is 0 Å². The van der Waals surface area contributed by atoms with Crippen LogP contribution in [-0.2, 0) is 0 Å². The average molecular weight is 350 g/mol. The maximum absolute atomic E-state index is 12.7. The first-order valence-corrected chi connectivity index (χ1v) is 7.17. The van der Waals surface area contributed by atoms with Gasteiger partial charge in [0.2, 0.25) is 0 Å². The van der Waals surface area contributed by atoms with E-state index in [9.17, 15) is 4.79 Å². The predicted octanol–water partition coefficient (Wildman–Crippen LogP) is 4.52. The van der Waals surface area contributed by atoms with Gasteiger partial charge in [0.1, 0.15) is 5.65 Å². The van der Waals surface area contributed by atoms with Crippen molar-refractivity contribution in [1.82, 2.24) is 9.97 Å². The highest BCUT2D eigenvalue weighted by Crippen LogP contribution is 2.26. The third kappa shape index (κ3) is 2.15. The number of halogens is 2. The van der Waals surface area contributed by atoms with E-state index in [0.717, 1.165) is 15.4 Å². The molecule has 2 aromatic heterocycles. The van der Waals surface area contributed by atoms with E-state index in [-0.39, 0.29) is 5.78 Å². The number of nitrogens with zero attached hydrogens (tertiary/aromatic N) is 1. The molecule has 100 valence electrons. The molecule has 0 unspecified atom stereocenters. The van der Waals surface area contributed by atoms with E-state index < -0.39 is 0 Å². The number of hydrogen-bond donors (Lipinski definition) is 1. The molecule has 3 nitrogen and oxygen atoms in total. The van der Waals surface area contributed by atoms with Crippen LogP contribution >= 0.6 is 27.5 Å². The molecule has 0 aliphatic heterocycles. The summed E-state index contributed by atoms with van der Waals surface area (Å²) in [5, 5.41) is 1.39. The minimum absolute atomic E-state index is 0.0591. The number of rotatable bonds is 2. The molecule has 0 bridgehead atoms. The Labute approximate surface area is 129 Å². The van der Waals surface area contributed by atoms with E-state index in [4.69, 9.17) is 11.6 Å². The Morgan fingerprint density at radius 3 is 2.95 bits per heavy atom. The summed E-state index contributed by atoms with van der Waals surface area (Å²) < 4.78 is 0.835. The third-order valence-corrected chi connectivity index (χ3v) is 4.10. The van der Waals surface area contributed by atoms with Gasteiger partial charge >= 0.3 is 0 Å². The largest absolute Gasteiger partial charge is 0.345 e. The van der Waals surface area contributed by atoms with Crippen LogP contribution in [0.3, 0.4) is 0 Å². The van der Waals surface area contributed by atoms with Crippen LogP contribution in [0.4, 0.5) is 0 Å². The second-order valence-corrected chi connectivity index (χ2v) is 5.82. The topological polar surface area (TPSA) is 45.8 Å². The Hall–Kier alpha value is -1.65. The highest BCUT2D eigenvalue weighted by molar-refractivity contribution is 9.10. The van der Waals surface area contributed by atoms with Gasteiger partial charge in [0, 0.05) is 38.4 Å². The predicted molar refractivity (Wildman–Crippen MR) is 83.4 cm³/mol. The lowest BCUT2D eigenvalue weighted by Crippen LogP contribution is -2.03. The molecule has 3 rings (SSSR count). The van der Waals surface area contributed by atoms with Gasteiger partial charge in [-0.1, -0.05) is 23.7 Å². The van der Waals surface area contributed by atoms with E-state index in [0.29, 0.717) is 21.8 Å². The summed E-state index contributed by atoms with van der Waals surface area (Å²) in [5.74, 6) is -0.0591. The number of nitrogens with one attached hydrogen (secondary N) is 1. The molecule has 20 heavy (non-hydrogen) atoms. The number of H-pyrrole nitrogens is 1. The number of pyridine rings is 1. The second kappa shape index (κ2) is 5.04. The van der Waals surface area contributed by atoms with Gasteiger partial charge < -0.3 is 4.98 Å². The number of benzene rings is 1. The van der Waals surface area contributed by atoms with Crippen LogP contribution in [0.5, 0.6) is 0 Å². The summed E-state index contributed by atoms with van der Waals surface area (Å²) in [7, 11) is 0. The highest BCUT2D eigenvalue weighted by atomic mass is 79.9. The van der Waals surface area contributed by atoms with Crippen molar-refractivity contribution in [3.05, 3.63) is 62.8 Å². The zero-order valence-electron chi connectivity index (χ0n) is 10.6. The molecule has 5 heteroatoms. The summed E-state index contributed by atoms with van der Waals surface area (Å²) in [6.45, 7) is 1.85. The van der Waals surface area contributed by atoms with Crippen molar-refractivity contribution in [2.24, 2.45) is 0 Å². The molecular weight excluding hydrogens is 340 g/mol. The van der Waals surface area contributed by atoms with Gasteiger partial charge in [0.15, 0.2) is 5.78 Å². The minimum atomic E-state index is -0.0591. The van der Waals surface area contributed by atoms with Gasteiger partial charge in [0.25, 0.3) is 0 Å². The summed E-state index contributed by atoms with van der Waals surface area (Å²) in [6, 6.07) is 7.23. The van der Waals surface area contributed by atoms with E-state index >= 15 is 0 Å². The van der Waals surface area contributed by atoms with E-state index in [2.05, 4.69) is 25.9 Å². The van der Waals surface area contributed by atoms with Crippen LogP contribution in [0, 0.1) is 6.92 Å². The van der Waals surface area contributed by atoms with Crippen molar-refractivity contribution in [2.45, 2.75) is 6.92 Å². The molecular formula is C15H10BrClN2O. The Kier molecular flexibility index (Phi) is 3.36. The Balaban J connectivity index is 2.18. The van der Waals surface area contributed by atoms with Crippen LogP contribution in [0.15, 0.2) is 41.1 Å². The van der Waals surface area contributed by atoms with Crippen molar-refractivity contribution < 1.29 is 4.79 Å². The zero-order chi connectivity index (χ0) is 14.3. The first-order chi connectivity index (χ1) is 9.58. The van der Waals surface area contributed by atoms with Crippen molar-refractivity contribution in [2.75, 3.05) is 0 Å². The third-order valence-electron chi connectivity index (χ3n) is 3.25. The molecule has 0 spiro atoms. The summed E-state index contributed by atoms with van der Waals surface area (Å²) >= 11 is 9.46. The van der Waals surface area contributed by atoms with Gasteiger partial charge in [-0.05, 0) is 40.5 Å². The number of aromatic amines is 1. The molecule has 0 atom stereocenters. The molecule has 0 saturated carbocycles. The van der Waals surface area contributed by atoms with Gasteiger partial charge in [-0.2, -0.15) is 0 Å². The smallest absolute Gasteiger partial charge is 0.195 e. The Bertz CT molecular complexity index is 826. The number of fused-ring (bicyclic) bond motifs is 1. The molecule has 3 aromatic rings. The average Bonchev–Trinajstić information content (AvgIpc) is 2.84. The maximum atomic E-state index is 12.7. The molecule has 0 amide bonds. The van der Waals surface area contributed by atoms with Crippen molar-refractivity contribution in [3.8, 4) is 0 Å². The molecule has 0 radical (unpaired) electrons. The number of carbonyl (C=O) groups is 1. The second-order valence-electron chi connectivity index (χ2n) is 4.49. The van der Waals surface area contributed by atoms with Crippen LogP contribution in [-0.4, -0.2) is 15.8 Å². The molecule has 0 aliphatic rings. The lowest BCUT2D eigenvalue weighted by Gasteiger charge is -2.05. The Morgan fingerprint density at radius 2 is 2.15 bits per heavy atom. The molecule has 1 N–H and O–H groups in total. The summed E-state index contributed by atoms with van der Waals surface area (Å²) in [6.07, 6.45) is 3.38. The highest BCUT2D eigenvalue weighted by Gasteiger charge is 2.17. The number of carbonyl (C=O) groups excluding carboxylic acids is 1.